The van der Waals surface area contributed by atoms with Crippen LogP contribution in [0, 0.1) is 5.92 Å². The van der Waals surface area contributed by atoms with Crippen LogP contribution in [0.3, 0.4) is 0 Å². The molecule has 0 saturated carbocycles. The predicted molar refractivity (Wildman–Crippen MR) is 57.8 cm³/mol. The molecule has 2 unspecified atom stereocenters. The van der Waals surface area contributed by atoms with Crippen molar-refractivity contribution in [1.82, 2.24) is 5.32 Å². The lowest BCUT2D eigenvalue weighted by molar-refractivity contribution is -0.147. The number of carbonyl (C=O) groups is 2. The highest BCUT2D eigenvalue weighted by molar-refractivity contribution is 5.85. The first kappa shape index (κ1) is 13.0. The Labute approximate surface area is 95.5 Å². The van der Waals surface area contributed by atoms with Gasteiger partial charge in [-0.3, -0.25) is 4.79 Å². The van der Waals surface area contributed by atoms with Crippen molar-refractivity contribution in [3.05, 3.63) is 0 Å². The van der Waals surface area contributed by atoms with Gasteiger partial charge in [0.2, 0.25) is 5.91 Å². The predicted octanol–water partition coefficient (Wildman–Crippen LogP) is 0.481. The van der Waals surface area contributed by atoms with Gasteiger partial charge in [-0.2, -0.15) is 0 Å². The average molecular weight is 229 g/mol. The standard InChI is InChI=1S/C11H19NO4/c1-3-16-11(14)8(2)12-10(13)9-5-4-6-15-7-9/h8-9H,3-7H2,1-2H3,(H,12,13). The Morgan fingerprint density at radius 1 is 1.56 bits per heavy atom. The molecule has 1 amide bonds. The van der Waals surface area contributed by atoms with Gasteiger partial charge in [-0.1, -0.05) is 0 Å². The summed E-state index contributed by atoms with van der Waals surface area (Å²) < 4.78 is 10.0. The molecule has 5 nitrogen and oxygen atoms in total. The molecule has 1 aliphatic heterocycles. The molecule has 0 aromatic carbocycles. The van der Waals surface area contributed by atoms with Crippen LogP contribution in [-0.2, 0) is 19.1 Å². The summed E-state index contributed by atoms with van der Waals surface area (Å²) in [5.41, 5.74) is 0. The molecular weight excluding hydrogens is 210 g/mol. The van der Waals surface area contributed by atoms with Crippen LogP contribution in [0.5, 0.6) is 0 Å². The molecule has 1 heterocycles. The molecule has 1 fully saturated rings. The van der Waals surface area contributed by atoms with Crippen LogP contribution in [0.4, 0.5) is 0 Å². The van der Waals surface area contributed by atoms with Gasteiger partial charge in [-0.05, 0) is 26.7 Å². The fraction of sp³-hybridized carbons (Fsp3) is 0.818. The van der Waals surface area contributed by atoms with Crippen molar-refractivity contribution in [3.8, 4) is 0 Å². The summed E-state index contributed by atoms with van der Waals surface area (Å²) in [7, 11) is 0. The number of rotatable bonds is 4. The van der Waals surface area contributed by atoms with E-state index in [9.17, 15) is 9.59 Å². The second-order valence-electron chi connectivity index (χ2n) is 3.90. The fourth-order valence-electron chi connectivity index (χ4n) is 1.60. The van der Waals surface area contributed by atoms with E-state index in [0.717, 1.165) is 19.4 Å². The molecule has 16 heavy (non-hydrogen) atoms. The topological polar surface area (TPSA) is 64.6 Å². The maximum Gasteiger partial charge on any atom is 0.328 e. The van der Waals surface area contributed by atoms with E-state index in [4.69, 9.17) is 9.47 Å². The van der Waals surface area contributed by atoms with Crippen LogP contribution in [0.25, 0.3) is 0 Å². The van der Waals surface area contributed by atoms with Crippen LogP contribution < -0.4 is 5.32 Å². The molecule has 0 spiro atoms. The molecule has 0 radical (unpaired) electrons. The summed E-state index contributed by atoms with van der Waals surface area (Å²) in [5, 5.41) is 2.64. The van der Waals surface area contributed by atoms with Gasteiger partial charge < -0.3 is 14.8 Å². The van der Waals surface area contributed by atoms with Crippen LogP contribution in [0.1, 0.15) is 26.7 Å². The van der Waals surface area contributed by atoms with E-state index in [1.807, 2.05) is 0 Å². The molecule has 0 aliphatic carbocycles. The van der Waals surface area contributed by atoms with Crippen molar-refractivity contribution in [1.29, 1.82) is 0 Å². The highest BCUT2D eigenvalue weighted by Crippen LogP contribution is 2.13. The lowest BCUT2D eigenvalue weighted by Crippen LogP contribution is -2.44. The highest BCUT2D eigenvalue weighted by Gasteiger charge is 2.25. The zero-order valence-corrected chi connectivity index (χ0v) is 9.82. The molecule has 0 aromatic heterocycles. The van der Waals surface area contributed by atoms with E-state index in [1.54, 1.807) is 13.8 Å². The molecular formula is C11H19NO4. The van der Waals surface area contributed by atoms with Crippen molar-refractivity contribution < 1.29 is 19.1 Å². The summed E-state index contributed by atoms with van der Waals surface area (Å²) in [6.07, 6.45) is 1.72. The lowest BCUT2D eigenvalue weighted by Gasteiger charge is -2.22. The van der Waals surface area contributed by atoms with Gasteiger partial charge in [-0.25, -0.2) is 4.79 Å². The third-order valence-electron chi connectivity index (χ3n) is 2.53. The SMILES string of the molecule is CCOC(=O)C(C)NC(=O)C1CCCOC1. The maximum absolute atomic E-state index is 11.7. The van der Waals surface area contributed by atoms with Gasteiger partial charge in [0.1, 0.15) is 6.04 Å². The van der Waals surface area contributed by atoms with Crippen LogP contribution in [0.15, 0.2) is 0 Å². The molecule has 1 aliphatic rings. The zero-order valence-electron chi connectivity index (χ0n) is 9.82. The zero-order chi connectivity index (χ0) is 12.0. The van der Waals surface area contributed by atoms with Gasteiger partial charge in [0.05, 0.1) is 19.1 Å². The first-order valence-electron chi connectivity index (χ1n) is 5.70. The summed E-state index contributed by atoms with van der Waals surface area (Å²) in [6.45, 7) is 4.85. The maximum atomic E-state index is 11.7. The minimum Gasteiger partial charge on any atom is -0.464 e. The van der Waals surface area contributed by atoms with Crippen molar-refractivity contribution in [3.63, 3.8) is 0 Å². The van der Waals surface area contributed by atoms with Gasteiger partial charge in [0.15, 0.2) is 0 Å². The molecule has 2 atom stereocenters. The average Bonchev–Trinajstić information content (AvgIpc) is 2.30. The number of ether oxygens (including phenoxy) is 2. The fourth-order valence-corrected chi connectivity index (χ4v) is 1.60. The molecule has 1 N–H and O–H groups in total. The largest absolute Gasteiger partial charge is 0.464 e. The first-order valence-corrected chi connectivity index (χ1v) is 5.70. The third kappa shape index (κ3) is 3.81. The quantitative estimate of drug-likeness (QED) is 0.712. The summed E-state index contributed by atoms with van der Waals surface area (Å²) in [4.78, 5) is 23.0. The molecule has 1 saturated heterocycles. The van der Waals surface area contributed by atoms with E-state index in [0.29, 0.717) is 13.2 Å². The minimum atomic E-state index is -0.589. The van der Waals surface area contributed by atoms with E-state index >= 15 is 0 Å². The smallest absolute Gasteiger partial charge is 0.328 e. The van der Waals surface area contributed by atoms with Crippen molar-refractivity contribution in [2.24, 2.45) is 5.92 Å². The monoisotopic (exact) mass is 229 g/mol. The first-order chi connectivity index (χ1) is 7.65. The molecule has 1 rings (SSSR count). The van der Waals surface area contributed by atoms with Gasteiger partial charge >= 0.3 is 5.97 Å². The molecule has 5 heteroatoms. The Morgan fingerprint density at radius 2 is 2.31 bits per heavy atom. The van der Waals surface area contributed by atoms with E-state index < -0.39 is 12.0 Å². The van der Waals surface area contributed by atoms with Crippen LogP contribution in [-0.4, -0.2) is 37.7 Å². The second kappa shape index (κ2) is 6.48. The van der Waals surface area contributed by atoms with Crippen LogP contribution in [0.2, 0.25) is 0 Å². The number of nitrogens with one attached hydrogen (secondary N) is 1. The van der Waals surface area contributed by atoms with E-state index in [2.05, 4.69) is 5.32 Å². The number of amides is 1. The van der Waals surface area contributed by atoms with E-state index in [-0.39, 0.29) is 11.8 Å². The summed E-state index contributed by atoms with van der Waals surface area (Å²) in [6, 6.07) is -0.589. The Kier molecular flexibility index (Phi) is 5.25. The number of esters is 1. The minimum absolute atomic E-state index is 0.125. The lowest BCUT2D eigenvalue weighted by atomic mass is 10.0. The number of hydrogen-bond acceptors (Lipinski definition) is 4. The number of carbonyl (C=O) groups excluding carboxylic acids is 2. The van der Waals surface area contributed by atoms with Gasteiger partial charge in [0.25, 0.3) is 0 Å². The third-order valence-corrected chi connectivity index (χ3v) is 2.53. The highest BCUT2D eigenvalue weighted by atomic mass is 16.5. The molecule has 0 aromatic rings. The van der Waals surface area contributed by atoms with Crippen molar-refractivity contribution in [2.45, 2.75) is 32.7 Å². The Morgan fingerprint density at radius 3 is 2.88 bits per heavy atom. The summed E-state index contributed by atoms with van der Waals surface area (Å²) >= 11 is 0. The Balaban J connectivity index is 2.34. The molecule has 92 valence electrons. The van der Waals surface area contributed by atoms with Gasteiger partial charge in [-0.15, -0.1) is 0 Å². The van der Waals surface area contributed by atoms with Crippen molar-refractivity contribution in [2.75, 3.05) is 19.8 Å². The normalized spacial score (nSPS) is 22.2. The Bertz CT molecular complexity index is 248. The van der Waals surface area contributed by atoms with Gasteiger partial charge in [0, 0.05) is 6.61 Å². The number of hydrogen-bond donors (Lipinski definition) is 1. The van der Waals surface area contributed by atoms with Crippen molar-refractivity contribution >= 4 is 11.9 Å². The van der Waals surface area contributed by atoms with E-state index in [1.165, 1.54) is 0 Å². The molecule has 0 bridgehead atoms. The summed E-state index contributed by atoms with van der Waals surface area (Å²) in [5.74, 6) is -0.654. The second-order valence-corrected chi connectivity index (χ2v) is 3.90. The van der Waals surface area contributed by atoms with Crippen LogP contribution >= 0.6 is 0 Å². The Hall–Kier alpha value is -1.10.